The molecule has 0 spiro atoms. The molecule has 0 bridgehead atoms. The number of carbonyl (C=O) groups excluding carboxylic acids is 2. The second kappa shape index (κ2) is 15.1. The molecule has 0 aliphatic carbocycles. The third-order valence-corrected chi connectivity index (χ3v) is 6.71. The number of carbonyl (C=O) groups is 2. The molecule has 0 aromatic heterocycles. The Bertz CT molecular complexity index is 1170. The summed E-state index contributed by atoms with van der Waals surface area (Å²) in [6.45, 7) is 5.66. The minimum absolute atomic E-state index is 0.0612. The van der Waals surface area contributed by atoms with E-state index < -0.39 is 19.2 Å². The van der Waals surface area contributed by atoms with Gasteiger partial charge < -0.3 is 29.7 Å². The summed E-state index contributed by atoms with van der Waals surface area (Å²) in [7, 11) is -1.74. The van der Waals surface area contributed by atoms with Gasteiger partial charge in [0.25, 0.3) is 5.91 Å². The van der Waals surface area contributed by atoms with Gasteiger partial charge in [-0.15, -0.1) is 0 Å². The number of hydrogen-bond donors (Lipinski definition) is 3. The van der Waals surface area contributed by atoms with Crippen molar-refractivity contribution < 1.29 is 29.1 Å². The maximum Gasteiger partial charge on any atom is 0.475 e. The van der Waals surface area contributed by atoms with Crippen LogP contribution in [0.1, 0.15) is 42.0 Å². The molecule has 0 radical (unpaired) electrons. The number of benzene rings is 2. The lowest BCUT2D eigenvalue weighted by Gasteiger charge is -2.33. The van der Waals surface area contributed by atoms with Crippen molar-refractivity contribution in [3.8, 4) is 6.07 Å². The zero-order chi connectivity index (χ0) is 28.2. The number of alkyl carbamates (subject to hydrolysis) is 1. The SMILES string of the molecule is CCN(C(=O)C(C#N)=Cc1cccc(CCOC(=O)N[C@@H](Cc2ccc(C)cc2)B(O)O)c1)C1CCOCC1. The predicted octanol–water partition coefficient (Wildman–Crippen LogP) is 2.82. The van der Waals surface area contributed by atoms with Crippen LogP contribution in [-0.4, -0.2) is 72.4 Å². The summed E-state index contributed by atoms with van der Waals surface area (Å²) < 4.78 is 10.7. The molecule has 0 unspecified atom stereocenters. The zero-order valence-corrected chi connectivity index (χ0v) is 22.5. The van der Waals surface area contributed by atoms with Crippen LogP contribution >= 0.6 is 0 Å². The average Bonchev–Trinajstić information content (AvgIpc) is 2.93. The van der Waals surface area contributed by atoms with Crippen LogP contribution in [0.15, 0.2) is 54.1 Å². The van der Waals surface area contributed by atoms with Gasteiger partial charge in [0.2, 0.25) is 0 Å². The Labute approximate surface area is 230 Å². The van der Waals surface area contributed by atoms with Gasteiger partial charge >= 0.3 is 13.2 Å². The molecule has 206 valence electrons. The second-order valence-electron chi connectivity index (χ2n) is 9.59. The van der Waals surface area contributed by atoms with E-state index in [1.807, 2.05) is 68.4 Å². The minimum Gasteiger partial charge on any atom is -0.449 e. The van der Waals surface area contributed by atoms with E-state index in [-0.39, 0.29) is 30.5 Å². The third kappa shape index (κ3) is 9.25. The second-order valence-corrected chi connectivity index (χ2v) is 9.59. The Morgan fingerprint density at radius 1 is 1.21 bits per heavy atom. The Balaban J connectivity index is 1.56. The lowest BCUT2D eigenvalue weighted by molar-refractivity contribution is -0.130. The van der Waals surface area contributed by atoms with E-state index in [9.17, 15) is 24.9 Å². The lowest BCUT2D eigenvalue weighted by Crippen LogP contribution is -2.48. The topological polar surface area (TPSA) is 132 Å². The zero-order valence-electron chi connectivity index (χ0n) is 22.5. The van der Waals surface area contributed by atoms with Gasteiger partial charge in [-0.3, -0.25) is 4.79 Å². The van der Waals surface area contributed by atoms with Gasteiger partial charge in [0.05, 0.1) is 12.5 Å². The summed E-state index contributed by atoms with van der Waals surface area (Å²) in [4.78, 5) is 27.1. The highest BCUT2D eigenvalue weighted by molar-refractivity contribution is 6.43. The quantitative estimate of drug-likeness (QED) is 0.230. The molecule has 3 rings (SSSR count). The van der Waals surface area contributed by atoms with Crippen LogP contribution < -0.4 is 5.32 Å². The molecule has 1 atom stereocenters. The fourth-order valence-corrected chi connectivity index (χ4v) is 4.53. The molecule has 1 saturated heterocycles. The highest BCUT2D eigenvalue weighted by atomic mass is 16.5. The fourth-order valence-electron chi connectivity index (χ4n) is 4.53. The normalized spacial score (nSPS) is 14.7. The van der Waals surface area contributed by atoms with Crippen molar-refractivity contribution in [2.45, 2.75) is 51.5 Å². The molecule has 1 aliphatic rings. The van der Waals surface area contributed by atoms with Gasteiger partial charge in [-0.05, 0) is 55.9 Å². The number of ether oxygens (including phenoxy) is 2. The summed E-state index contributed by atoms with van der Waals surface area (Å²) in [6.07, 6.45) is 2.99. The molecule has 1 fully saturated rings. The Morgan fingerprint density at radius 2 is 1.92 bits per heavy atom. The van der Waals surface area contributed by atoms with Crippen LogP contribution in [0.2, 0.25) is 0 Å². The fraction of sp³-hybridized carbons (Fsp3) is 0.414. The maximum atomic E-state index is 13.1. The molecule has 1 heterocycles. The van der Waals surface area contributed by atoms with Crippen LogP contribution in [0.4, 0.5) is 4.79 Å². The summed E-state index contributed by atoms with van der Waals surface area (Å²) in [5, 5.41) is 31.6. The summed E-state index contributed by atoms with van der Waals surface area (Å²) in [5.74, 6) is -1.21. The molecular weight excluding hydrogens is 497 g/mol. The van der Waals surface area contributed by atoms with Crippen molar-refractivity contribution in [2.75, 3.05) is 26.4 Å². The number of nitrogens with one attached hydrogen (secondary N) is 1. The van der Waals surface area contributed by atoms with Crippen molar-refractivity contribution in [1.29, 1.82) is 5.26 Å². The van der Waals surface area contributed by atoms with Gasteiger partial charge in [0.1, 0.15) is 11.6 Å². The van der Waals surface area contributed by atoms with Gasteiger partial charge in [-0.2, -0.15) is 5.26 Å². The maximum absolute atomic E-state index is 13.1. The van der Waals surface area contributed by atoms with Gasteiger partial charge in [0.15, 0.2) is 0 Å². The number of hydrogen-bond acceptors (Lipinski definition) is 7. The van der Waals surface area contributed by atoms with Gasteiger partial charge in [-0.25, -0.2) is 4.79 Å². The summed E-state index contributed by atoms with van der Waals surface area (Å²) in [5.41, 5.74) is 3.57. The van der Waals surface area contributed by atoms with Gasteiger partial charge in [-0.1, -0.05) is 54.1 Å². The summed E-state index contributed by atoms with van der Waals surface area (Å²) >= 11 is 0. The molecule has 2 aromatic rings. The van der Waals surface area contributed by atoms with Crippen LogP contribution in [-0.2, 0) is 27.1 Å². The molecule has 1 aliphatic heterocycles. The number of amides is 2. The largest absolute Gasteiger partial charge is 0.475 e. The van der Waals surface area contributed by atoms with E-state index in [0.717, 1.165) is 29.5 Å². The van der Waals surface area contributed by atoms with E-state index >= 15 is 0 Å². The number of aryl methyl sites for hydroxylation is 1. The monoisotopic (exact) mass is 533 g/mol. The number of likely N-dealkylation sites (N-methyl/N-ethyl adjacent to an activating group) is 1. The molecule has 39 heavy (non-hydrogen) atoms. The van der Waals surface area contributed by atoms with E-state index in [1.165, 1.54) is 0 Å². The summed E-state index contributed by atoms with van der Waals surface area (Å²) in [6, 6.07) is 17.0. The highest BCUT2D eigenvalue weighted by Crippen LogP contribution is 2.19. The average molecular weight is 533 g/mol. The molecule has 9 nitrogen and oxygen atoms in total. The minimum atomic E-state index is -1.74. The molecule has 3 N–H and O–H groups in total. The van der Waals surface area contributed by atoms with Crippen molar-refractivity contribution in [3.63, 3.8) is 0 Å². The van der Waals surface area contributed by atoms with E-state index in [1.54, 1.807) is 11.0 Å². The van der Waals surface area contributed by atoms with E-state index in [4.69, 9.17) is 9.47 Å². The van der Waals surface area contributed by atoms with Crippen molar-refractivity contribution in [2.24, 2.45) is 0 Å². The smallest absolute Gasteiger partial charge is 0.449 e. The van der Waals surface area contributed by atoms with Crippen LogP contribution in [0.3, 0.4) is 0 Å². The van der Waals surface area contributed by atoms with Crippen LogP contribution in [0.25, 0.3) is 6.08 Å². The first-order valence-corrected chi connectivity index (χ1v) is 13.2. The van der Waals surface area contributed by atoms with Crippen LogP contribution in [0.5, 0.6) is 0 Å². The number of nitriles is 1. The number of rotatable bonds is 11. The Morgan fingerprint density at radius 3 is 2.56 bits per heavy atom. The molecular formula is C29H36BN3O6. The third-order valence-electron chi connectivity index (χ3n) is 6.71. The van der Waals surface area contributed by atoms with E-state index in [2.05, 4.69) is 5.32 Å². The van der Waals surface area contributed by atoms with Crippen molar-refractivity contribution in [3.05, 3.63) is 76.4 Å². The molecule has 2 aromatic carbocycles. The Kier molecular flexibility index (Phi) is 11.6. The van der Waals surface area contributed by atoms with Crippen molar-refractivity contribution >= 4 is 25.2 Å². The molecule has 2 amide bonds. The van der Waals surface area contributed by atoms with Crippen LogP contribution in [0, 0.1) is 18.3 Å². The van der Waals surface area contributed by atoms with Crippen molar-refractivity contribution in [1.82, 2.24) is 10.2 Å². The number of nitrogens with zero attached hydrogens (tertiary/aromatic N) is 2. The lowest BCUT2D eigenvalue weighted by atomic mass is 9.76. The molecule has 10 heteroatoms. The van der Waals surface area contributed by atoms with E-state index in [0.29, 0.717) is 31.7 Å². The first kappa shape index (κ1) is 29.9. The highest BCUT2D eigenvalue weighted by Gasteiger charge is 2.27. The molecule has 0 saturated carbocycles. The van der Waals surface area contributed by atoms with Gasteiger partial charge in [0, 0.05) is 32.2 Å². The Hall–Kier alpha value is -3.65. The standard InChI is InChI=1S/C29H36BN3O6/c1-3-33(26-12-14-38-15-13-26)28(34)25(20-31)18-24-6-4-5-22(17-24)11-16-39-29(35)32-27(30(36)37)19-23-9-7-21(2)8-10-23/h4-10,17-18,26-27,36-37H,3,11-16,19H2,1-2H3,(H,32,35)/t27-/m0/s1. The first-order valence-electron chi connectivity index (χ1n) is 13.2. The first-order chi connectivity index (χ1) is 18.8. The predicted molar refractivity (Wildman–Crippen MR) is 148 cm³/mol.